The van der Waals surface area contributed by atoms with Gasteiger partial charge in [0.15, 0.2) is 5.13 Å². The highest BCUT2D eigenvalue weighted by molar-refractivity contribution is 7.17. The number of rotatable bonds is 5. The van der Waals surface area contributed by atoms with Gasteiger partial charge in [0.2, 0.25) is 0 Å². The van der Waals surface area contributed by atoms with Crippen molar-refractivity contribution in [2.45, 2.75) is 13.3 Å². The zero-order chi connectivity index (χ0) is 14.7. The third kappa shape index (κ3) is 3.02. The quantitative estimate of drug-likeness (QED) is 0.878. The van der Waals surface area contributed by atoms with Crippen LogP contribution >= 0.6 is 22.9 Å². The van der Waals surface area contributed by atoms with E-state index in [4.69, 9.17) is 21.4 Å². The van der Waals surface area contributed by atoms with Gasteiger partial charge in [0.25, 0.3) is 0 Å². The lowest BCUT2D eigenvalue weighted by Crippen LogP contribution is -1.97. The lowest BCUT2D eigenvalue weighted by Gasteiger charge is -2.06. The summed E-state index contributed by atoms with van der Waals surface area (Å²) in [7, 11) is 1.54. The van der Waals surface area contributed by atoms with E-state index in [1.165, 1.54) is 0 Å². The van der Waals surface area contributed by atoms with Crippen molar-refractivity contribution >= 4 is 39.7 Å². The van der Waals surface area contributed by atoms with Gasteiger partial charge in [-0.05, 0) is 24.6 Å². The fourth-order valence-electron chi connectivity index (χ4n) is 1.68. The van der Waals surface area contributed by atoms with Crippen LogP contribution in [0, 0.1) is 0 Å². The second-order valence-corrected chi connectivity index (χ2v) is 5.33. The average Bonchev–Trinajstić information content (AvgIpc) is 2.82. The molecule has 0 saturated heterocycles. The minimum atomic E-state index is -0.958. The maximum atomic E-state index is 11.1. The fourth-order valence-corrected chi connectivity index (χ4v) is 2.85. The van der Waals surface area contributed by atoms with Gasteiger partial charge in [0, 0.05) is 5.69 Å². The van der Waals surface area contributed by atoms with Gasteiger partial charge in [-0.1, -0.05) is 29.9 Å². The molecule has 0 aliphatic carbocycles. The minimum Gasteiger partial charge on any atom is -0.495 e. The fraction of sp³-hybridized carbons (Fsp3) is 0.231. The van der Waals surface area contributed by atoms with Crippen molar-refractivity contribution in [3.63, 3.8) is 0 Å². The molecule has 1 heterocycles. The summed E-state index contributed by atoms with van der Waals surface area (Å²) in [6.45, 7) is 1.87. The summed E-state index contributed by atoms with van der Waals surface area (Å²) in [5, 5.41) is 13.1. The maximum Gasteiger partial charge on any atom is 0.347 e. The number of anilines is 2. The predicted molar refractivity (Wildman–Crippen MR) is 79.7 cm³/mol. The highest BCUT2D eigenvalue weighted by Gasteiger charge is 2.16. The van der Waals surface area contributed by atoms with E-state index in [1.54, 1.807) is 25.3 Å². The first-order valence-electron chi connectivity index (χ1n) is 5.88. The van der Waals surface area contributed by atoms with E-state index in [1.807, 2.05) is 6.92 Å². The van der Waals surface area contributed by atoms with Crippen LogP contribution in [0.25, 0.3) is 0 Å². The van der Waals surface area contributed by atoms with Crippen molar-refractivity contribution in [2.75, 3.05) is 12.4 Å². The summed E-state index contributed by atoms with van der Waals surface area (Å²) in [6, 6.07) is 5.23. The van der Waals surface area contributed by atoms with Crippen molar-refractivity contribution in [3.05, 3.63) is 33.8 Å². The lowest BCUT2D eigenvalue weighted by atomic mass is 10.3. The topological polar surface area (TPSA) is 71.5 Å². The van der Waals surface area contributed by atoms with E-state index < -0.39 is 5.97 Å². The molecule has 2 aromatic rings. The van der Waals surface area contributed by atoms with Crippen molar-refractivity contribution in [1.82, 2.24) is 4.98 Å². The molecule has 0 aliphatic rings. The number of hydrogen-bond donors (Lipinski definition) is 2. The van der Waals surface area contributed by atoms with Gasteiger partial charge in [-0.15, -0.1) is 0 Å². The van der Waals surface area contributed by atoms with Gasteiger partial charge in [0.05, 0.1) is 17.8 Å². The van der Waals surface area contributed by atoms with Crippen molar-refractivity contribution < 1.29 is 14.6 Å². The summed E-state index contributed by atoms with van der Waals surface area (Å²) < 4.78 is 5.07. The summed E-state index contributed by atoms with van der Waals surface area (Å²) in [4.78, 5) is 15.6. The zero-order valence-corrected chi connectivity index (χ0v) is 12.5. The van der Waals surface area contributed by atoms with Gasteiger partial charge < -0.3 is 15.2 Å². The largest absolute Gasteiger partial charge is 0.495 e. The Morgan fingerprint density at radius 3 is 2.80 bits per heavy atom. The number of thiazole rings is 1. The third-order valence-corrected chi connectivity index (χ3v) is 3.93. The monoisotopic (exact) mass is 312 g/mol. The molecule has 1 aromatic carbocycles. The van der Waals surface area contributed by atoms with Crippen LogP contribution in [0.2, 0.25) is 5.02 Å². The minimum absolute atomic E-state index is 0.259. The van der Waals surface area contributed by atoms with E-state index in [0.29, 0.717) is 28.0 Å². The highest BCUT2D eigenvalue weighted by atomic mass is 35.5. The summed E-state index contributed by atoms with van der Waals surface area (Å²) in [6.07, 6.45) is 0.573. The normalized spacial score (nSPS) is 10.3. The molecule has 106 valence electrons. The highest BCUT2D eigenvalue weighted by Crippen LogP contribution is 2.31. The summed E-state index contributed by atoms with van der Waals surface area (Å²) >= 11 is 7.14. The van der Waals surface area contributed by atoms with E-state index in [2.05, 4.69) is 10.3 Å². The lowest BCUT2D eigenvalue weighted by molar-refractivity contribution is 0.0701. The van der Waals surface area contributed by atoms with Gasteiger partial charge in [-0.3, -0.25) is 0 Å². The molecule has 2 rings (SSSR count). The number of benzene rings is 1. The number of methoxy groups -OCH3 is 1. The molecule has 20 heavy (non-hydrogen) atoms. The first-order valence-corrected chi connectivity index (χ1v) is 7.08. The molecule has 7 heteroatoms. The van der Waals surface area contributed by atoms with Crippen LogP contribution in [0.15, 0.2) is 18.2 Å². The number of carboxylic acids is 1. The van der Waals surface area contributed by atoms with Gasteiger partial charge >= 0.3 is 5.97 Å². The standard InChI is InChI=1S/C13H13ClN2O3S/c1-3-9-11(12(17)18)20-13(16-9)15-7-4-5-10(19-2)8(14)6-7/h4-6H,3H2,1-2H3,(H,15,16)(H,17,18). The molecule has 0 spiro atoms. The molecular formula is C13H13ClN2O3S. The van der Waals surface area contributed by atoms with E-state index in [9.17, 15) is 4.79 Å². The van der Waals surface area contributed by atoms with Crippen LogP contribution in [0.4, 0.5) is 10.8 Å². The number of carbonyl (C=O) groups is 1. The molecule has 0 atom stereocenters. The summed E-state index contributed by atoms with van der Waals surface area (Å²) in [5.74, 6) is -0.378. The molecule has 2 N–H and O–H groups in total. The Hall–Kier alpha value is -1.79. The predicted octanol–water partition coefficient (Wildman–Crippen LogP) is 3.81. The molecule has 0 radical (unpaired) electrons. The van der Waals surface area contributed by atoms with Crippen molar-refractivity contribution in [2.24, 2.45) is 0 Å². The molecule has 0 fully saturated rings. The van der Waals surface area contributed by atoms with Crippen molar-refractivity contribution in [3.8, 4) is 5.75 Å². The molecule has 0 aliphatic heterocycles. The molecule has 0 saturated carbocycles. The van der Waals surface area contributed by atoms with Crippen LogP contribution in [0.3, 0.4) is 0 Å². The maximum absolute atomic E-state index is 11.1. The Kier molecular flexibility index (Phi) is 4.46. The molecule has 5 nitrogen and oxygen atoms in total. The molecular weight excluding hydrogens is 300 g/mol. The molecule has 0 amide bonds. The Balaban J connectivity index is 2.26. The number of aromatic nitrogens is 1. The number of nitrogens with one attached hydrogen (secondary N) is 1. The number of carboxylic acid groups (broad SMARTS) is 1. The van der Waals surface area contributed by atoms with Crippen LogP contribution in [0.1, 0.15) is 22.3 Å². The number of ether oxygens (including phenoxy) is 1. The van der Waals surface area contributed by atoms with E-state index >= 15 is 0 Å². The Morgan fingerprint density at radius 2 is 2.30 bits per heavy atom. The van der Waals surface area contributed by atoms with Gasteiger partial charge in [0.1, 0.15) is 10.6 Å². The Morgan fingerprint density at radius 1 is 1.55 bits per heavy atom. The SMILES string of the molecule is CCc1nc(Nc2ccc(OC)c(Cl)c2)sc1C(=O)O. The number of aromatic carboxylic acids is 1. The Labute approximate surface area is 125 Å². The first kappa shape index (κ1) is 14.6. The smallest absolute Gasteiger partial charge is 0.347 e. The molecule has 0 bridgehead atoms. The number of nitrogens with zero attached hydrogens (tertiary/aromatic N) is 1. The second kappa shape index (κ2) is 6.11. The van der Waals surface area contributed by atoms with Crippen LogP contribution < -0.4 is 10.1 Å². The number of halogens is 1. The average molecular weight is 313 g/mol. The van der Waals surface area contributed by atoms with Crippen LogP contribution in [-0.2, 0) is 6.42 Å². The second-order valence-electron chi connectivity index (χ2n) is 3.93. The first-order chi connectivity index (χ1) is 9.55. The molecule has 1 aromatic heterocycles. The van der Waals surface area contributed by atoms with E-state index in [-0.39, 0.29) is 4.88 Å². The van der Waals surface area contributed by atoms with E-state index in [0.717, 1.165) is 17.0 Å². The molecule has 0 unspecified atom stereocenters. The number of hydrogen-bond acceptors (Lipinski definition) is 5. The van der Waals surface area contributed by atoms with Gasteiger partial charge in [-0.25, -0.2) is 9.78 Å². The van der Waals surface area contributed by atoms with Crippen molar-refractivity contribution in [1.29, 1.82) is 0 Å². The van der Waals surface area contributed by atoms with Crippen LogP contribution in [0.5, 0.6) is 5.75 Å². The zero-order valence-electron chi connectivity index (χ0n) is 10.9. The summed E-state index contributed by atoms with van der Waals surface area (Å²) in [5.41, 5.74) is 1.30. The third-order valence-electron chi connectivity index (χ3n) is 2.63. The van der Waals surface area contributed by atoms with Gasteiger partial charge in [-0.2, -0.15) is 0 Å². The number of aryl methyl sites for hydroxylation is 1. The van der Waals surface area contributed by atoms with Crippen LogP contribution in [-0.4, -0.2) is 23.2 Å². The Bertz CT molecular complexity index is 643.